The van der Waals surface area contributed by atoms with Crippen LogP contribution in [-0.4, -0.2) is 13.8 Å². The molecule has 1 aliphatic carbocycles. The highest BCUT2D eigenvalue weighted by Crippen LogP contribution is 2.41. The van der Waals surface area contributed by atoms with Crippen molar-refractivity contribution in [1.29, 1.82) is 0 Å². The van der Waals surface area contributed by atoms with E-state index < -0.39 is 8.07 Å². The molecular formula is C11H24SSi. The number of rotatable bonds is 3. The van der Waals surface area contributed by atoms with E-state index in [1.165, 1.54) is 31.7 Å². The lowest BCUT2D eigenvalue weighted by molar-refractivity contribution is 0.378. The standard InChI is InChI=1S/C11H24SSi/c1-10-5-4-6-11(9-10)13(2,3)8-7-12/h10-12H,4-9H2,1-3H3. The van der Waals surface area contributed by atoms with Crippen LogP contribution in [0.15, 0.2) is 0 Å². The van der Waals surface area contributed by atoms with Gasteiger partial charge >= 0.3 is 0 Å². The van der Waals surface area contributed by atoms with E-state index in [9.17, 15) is 0 Å². The molecule has 0 aromatic rings. The second-order valence-corrected chi connectivity index (χ2v) is 11.2. The molecule has 0 aromatic heterocycles. The Balaban J connectivity index is 2.48. The smallest absolute Gasteiger partial charge is 0.0512 e. The van der Waals surface area contributed by atoms with E-state index in [1.807, 2.05) is 0 Å². The van der Waals surface area contributed by atoms with E-state index in [0.717, 1.165) is 17.2 Å². The second kappa shape index (κ2) is 4.88. The van der Waals surface area contributed by atoms with Crippen LogP contribution in [0.1, 0.15) is 32.6 Å². The van der Waals surface area contributed by atoms with Crippen LogP contribution in [0.2, 0.25) is 24.7 Å². The average molecular weight is 216 g/mol. The van der Waals surface area contributed by atoms with Gasteiger partial charge in [-0.2, -0.15) is 12.6 Å². The maximum Gasteiger partial charge on any atom is 0.0512 e. The zero-order valence-electron chi connectivity index (χ0n) is 9.34. The molecule has 78 valence electrons. The minimum atomic E-state index is -0.921. The Morgan fingerprint density at radius 2 is 2.00 bits per heavy atom. The first-order valence-corrected chi connectivity index (χ1v) is 9.59. The summed E-state index contributed by atoms with van der Waals surface area (Å²) in [6.45, 7) is 7.55. The summed E-state index contributed by atoms with van der Waals surface area (Å²) in [7, 11) is -0.921. The summed E-state index contributed by atoms with van der Waals surface area (Å²) in [4.78, 5) is 0. The fourth-order valence-corrected chi connectivity index (χ4v) is 7.38. The van der Waals surface area contributed by atoms with Crippen molar-refractivity contribution in [2.24, 2.45) is 5.92 Å². The van der Waals surface area contributed by atoms with Gasteiger partial charge in [0, 0.05) is 0 Å². The number of hydrogen-bond acceptors (Lipinski definition) is 1. The summed E-state index contributed by atoms with van der Waals surface area (Å²) >= 11 is 4.39. The van der Waals surface area contributed by atoms with E-state index in [4.69, 9.17) is 0 Å². The van der Waals surface area contributed by atoms with Crippen LogP contribution in [-0.2, 0) is 0 Å². The first kappa shape index (κ1) is 11.6. The van der Waals surface area contributed by atoms with E-state index >= 15 is 0 Å². The van der Waals surface area contributed by atoms with Gasteiger partial charge in [-0.15, -0.1) is 0 Å². The SMILES string of the molecule is CC1CCCC([Si](C)(C)CCS)C1. The summed E-state index contributed by atoms with van der Waals surface area (Å²) in [5, 5.41) is 0. The highest BCUT2D eigenvalue weighted by atomic mass is 32.1. The van der Waals surface area contributed by atoms with Crippen LogP contribution in [0.3, 0.4) is 0 Å². The molecule has 1 saturated carbocycles. The van der Waals surface area contributed by atoms with Crippen molar-refractivity contribution >= 4 is 20.7 Å². The first-order chi connectivity index (χ1) is 6.06. The van der Waals surface area contributed by atoms with E-state index in [1.54, 1.807) is 0 Å². The van der Waals surface area contributed by atoms with Gasteiger partial charge in [-0.05, 0) is 23.3 Å². The molecule has 1 rings (SSSR count). The van der Waals surface area contributed by atoms with Crippen LogP contribution in [0.4, 0.5) is 0 Å². The first-order valence-electron chi connectivity index (χ1n) is 5.67. The lowest BCUT2D eigenvalue weighted by atomic mass is 9.90. The summed E-state index contributed by atoms with van der Waals surface area (Å²) < 4.78 is 0. The van der Waals surface area contributed by atoms with Gasteiger partial charge in [0.25, 0.3) is 0 Å². The number of thiol groups is 1. The molecule has 1 aliphatic rings. The van der Waals surface area contributed by atoms with Crippen molar-refractivity contribution in [2.75, 3.05) is 5.75 Å². The van der Waals surface area contributed by atoms with Crippen molar-refractivity contribution in [3.8, 4) is 0 Å². The molecule has 0 aromatic carbocycles. The minimum Gasteiger partial charge on any atom is -0.180 e. The van der Waals surface area contributed by atoms with Gasteiger partial charge in [0.05, 0.1) is 8.07 Å². The van der Waals surface area contributed by atoms with Gasteiger partial charge in [-0.3, -0.25) is 0 Å². The van der Waals surface area contributed by atoms with Crippen LogP contribution in [0, 0.1) is 5.92 Å². The van der Waals surface area contributed by atoms with Crippen LogP contribution in [0.5, 0.6) is 0 Å². The lowest BCUT2D eigenvalue weighted by Crippen LogP contribution is -2.35. The van der Waals surface area contributed by atoms with Gasteiger partial charge in [-0.1, -0.05) is 45.7 Å². The summed E-state index contributed by atoms with van der Waals surface area (Å²) in [6, 6.07) is 1.41. The maximum absolute atomic E-state index is 4.39. The van der Waals surface area contributed by atoms with Crippen molar-refractivity contribution < 1.29 is 0 Å². The number of hydrogen-bond donors (Lipinski definition) is 1. The van der Waals surface area contributed by atoms with Gasteiger partial charge in [0.2, 0.25) is 0 Å². The molecule has 2 atom stereocenters. The molecule has 0 aliphatic heterocycles. The molecule has 2 unspecified atom stereocenters. The fraction of sp³-hybridized carbons (Fsp3) is 1.00. The zero-order chi connectivity index (χ0) is 9.90. The zero-order valence-corrected chi connectivity index (χ0v) is 11.2. The molecule has 0 heterocycles. The minimum absolute atomic E-state index is 0.921. The monoisotopic (exact) mass is 216 g/mol. The van der Waals surface area contributed by atoms with Gasteiger partial charge in [-0.25, -0.2) is 0 Å². The lowest BCUT2D eigenvalue weighted by Gasteiger charge is -2.37. The van der Waals surface area contributed by atoms with E-state index in [0.29, 0.717) is 0 Å². The molecule has 0 amide bonds. The second-order valence-electron chi connectivity index (χ2n) is 5.43. The van der Waals surface area contributed by atoms with Gasteiger partial charge in [0.15, 0.2) is 0 Å². The van der Waals surface area contributed by atoms with Gasteiger partial charge in [0.1, 0.15) is 0 Å². The van der Waals surface area contributed by atoms with Crippen molar-refractivity contribution in [2.45, 2.75) is 57.3 Å². The Labute approximate surface area is 89.9 Å². The Bertz CT molecular complexity index is 156. The van der Waals surface area contributed by atoms with Gasteiger partial charge < -0.3 is 0 Å². The fourth-order valence-electron chi connectivity index (χ4n) is 2.64. The highest BCUT2D eigenvalue weighted by molar-refractivity contribution is 7.80. The summed E-state index contributed by atoms with van der Waals surface area (Å²) in [6.07, 6.45) is 5.97. The predicted octanol–water partition coefficient (Wildman–Crippen LogP) is 4.20. The Kier molecular flexibility index (Phi) is 4.37. The quantitative estimate of drug-likeness (QED) is 0.530. The molecule has 0 nitrogen and oxygen atoms in total. The molecule has 0 saturated heterocycles. The van der Waals surface area contributed by atoms with Crippen LogP contribution < -0.4 is 0 Å². The topological polar surface area (TPSA) is 0 Å². The largest absolute Gasteiger partial charge is 0.180 e. The third-order valence-corrected chi connectivity index (χ3v) is 8.72. The maximum atomic E-state index is 4.39. The predicted molar refractivity (Wildman–Crippen MR) is 67.5 cm³/mol. The molecule has 0 N–H and O–H groups in total. The van der Waals surface area contributed by atoms with E-state index in [-0.39, 0.29) is 0 Å². The van der Waals surface area contributed by atoms with Crippen molar-refractivity contribution in [3.05, 3.63) is 0 Å². The molecule has 0 bridgehead atoms. The van der Waals surface area contributed by atoms with Crippen molar-refractivity contribution in [3.63, 3.8) is 0 Å². The highest BCUT2D eigenvalue weighted by Gasteiger charge is 2.33. The third-order valence-electron chi connectivity index (χ3n) is 3.80. The molecule has 0 radical (unpaired) electrons. The Morgan fingerprint density at radius 3 is 2.54 bits per heavy atom. The average Bonchev–Trinajstić information content (AvgIpc) is 2.04. The van der Waals surface area contributed by atoms with Crippen molar-refractivity contribution in [1.82, 2.24) is 0 Å². The summed E-state index contributed by atoms with van der Waals surface area (Å²) in [5.74, 6) is 2.09. The van der Waals surface area contributed by atoms with Crippen LogP contribution in [0.25, 0.3) is 0 Å². The Hall–Kier alpha value is 0.567. The molecule has 2 heteroatoms. The van der Waals surface area contributed by atoms with Crippen LogP contribution >= 0.6 is 12.6 Å². The summed E-state index contributed by atoms with van der Waals surface area (Å²) in [5.41, 5.74) is 1.09. The molecule has 13 heavy (non-hydrogen) atoms. The molecule has 1 fully saturated rings. The Morgan fingerprint density at radius 1 is 1.31 bits per heavy atom. The molecular weight excluding hydrogens is 192 g/mol. The third kappa shape index (κ3) is 3.32. The van der Waals surface area contributed by atoms with E-state index in [2.05, 4.69) is 32.6 Å². The molecule has 0 spiro atoms. The normalized spacial score (nSPS) is 30.5.